The number of carbonyl (C=O) groups is 3. The van der Waals surface area contributed by atoms with Crippen molar-refractivity contribution in [1.82, 2.24) is 19.7 Å². The number of allylic oxidation sites excluding steroid dienone is 2. The topological polar surface area (TPSA) is 124 Å². The van der Waals surface area contributed by atoms with E-state index in [1.807, 2.05) is 12.1 Å². The molecule has 8 atom stereocenters. The Hall–Kier alpha value is -3.53. The van der Waals surface area contributed by atoms with Crippen LogP contribution in [0.15, 0.2) is 35.4 Å². The molecule has 1 aromatic heterocycles. The molecule has 2 aromatic rings. The highest BCUT2D eigenvalue weighted by molar-refractivity contribution is 6.00. The largest absolute Gasteiger partial charge is 0.497 e. The van der Waals surface area contributed by atoms with Gasteiger partial charge in [0, 0.05) is 42.3 Å². The van der Waals surface area contributed by atoms with Crippen molar-refractivity contribution in [3.05, 3.63) is 41.2 Å². The molecule has 1 N–H and O–H groups in total. The zero-order valence-corrected chi connectivity index (χ0v) is 38.2. The van der Waals surface area contributed by atoms with Crippen molar-refractivity contribution in [3.8, 4) is 17.1 Å². The minimum atomic E-state index is -1.17. The lowest BCUT2D eigenvalue weighted by Crippen LogP contribution is -2.65. The molecule has 1 heterocycles. The molecule has 0 radical (unpaired) electrons. The van der Waals surface area contributed by atoms with Gasteiger partial charge in [-0.2, -0.15) is 0 Å². The number of Topliss-reactive ketones (excluding diaryl/α,β-unsaturated/α-hetero) is 1. The van der Waals surface area contributed by atoms with Gasteiger partial charge in [0.2, 0.25) is 0 Å². The lowest BCUT2D eigenvalue weighted by Gasteiger charge is -2.72. The average molecular weight is 813 g/mol. The first-order chi connectivity index (χ1) is 27.5. The van der Waals surface area contributed by atoms with E-state index in [4.69, 9.17) is 19.7 Å². The second kappa shape index (κ2) is 15.1. The van der Waals surface area contributed by atoms with Crippen molar-refractivity contribution in [2.45, 2.75) is 146 Å². The molecule has 0 spiro atoms. The summed E-state index contributed by atoms with van der Waals surface area (Å²) >= 11 is 0. The number of carboxylic acid groups (broad SMARTS) is 1. The van der Waals surface area contributed by atoms with E-state index < -0.39 is 17.4 Å². The minimum absolute atomic E-state index is 0.0240. The summed E-state index contributed by atoms with van der Waals surface area (Å²) in [5.74, 6) is 2.93. The highest BCUT2D eigenvalue weighted by Crippen LogP contribution is 2.77. The predicted octanol–water partition coefficient (Wildman–Crippen LogP) is 9.45. The number of ketones is 1. The smallest absolute Gasteiger partial charge is 0.309 e. The van der Waals surface area contributed by atoms with Gasteiger partial charge in [0.1, 0.15) is 17.7 Å². The molecule has 5 aliphatic rings. The number of aromatic nitrogens is 3. The summed E-state index contributed by atoms with van der Waals surface area (Å²) in [6.07, 6.45) is 9.10. The first kappa shape index (κ1) is 43.6. The van der Waals surface area contributed by atoms with E-state index in [-0.39, 0.29) is 45.5 Å². The van der Waals surface area contributed by atoms with Crippen molar-refractivity contribution in [3.63, 3.8) is 0 Å². The SMILES string of the molecule is COc1ccc(-c2nnc(C[C@@]34CC[C@]5(C)[C@H](CC[C@@H]6[C@@]7(C)CC[C@H](OC(=O)CC(C)(C)C(=O)O)C(C)(C)[C@@H]7CC[C@]65C)C3=C(C(C)C)C(=O)C4)n2CCN(C)C)cc1. The van der Waals surface area contributed by atoms with Crippen molar-refractivity contribution in [2.24, 2.45) is 56.2 Å². The van der Waals surface area contributed by atoms with Crippen LogP contribution >= 0.6 is 0 Å². The maximum atomic E-state index is 14.4. The summed E-state index contributed by atoms with van der Waals surface area (Å²) in [5.41, 5.74) is 2.04. The van der Waals surface area contributed by atoms with Crippen molar-refractivity contribution < 1.29 is 29.0 Å². The summed E-state index contributed by atoms with van der Waals surface area (Å²) in [7, 11) is 5.88. The molecule has 10 nitrogen and oxygen atoms in total. The Morgan fingerprint density at radius 2 is 1.63 bits per heavy atom. The number of rotatable bonds is 12. The highest BCUT2D eigenvalue weighted by Gasteiger charge is 2.70. The molecule has 7 rings (SSSR count). The quantitative estimate of drug-likeness (QED) is 0.209. The molecule has 324 valence electrons. The summed E-state index contributed by atoms with van der Waals surface area (Å²) in [4.78, 5) is 41.7. The molecule has 0 saturated heterocycles. The molecule has 0 aliphatic heterocycles. The second-order valence-corrected chi connectivity index (χ2v) is 22.0. The van der Waals surface area contributed by atoms with E-state index in [0.717, 1.165) is 93.0 Å². The lowest BCUT2D eigenvalue weighted by atomic mass is 9.33. The van der Waals surface area contributed by atoms with Crippen LogP contribution in [0.4, 0.5) is 0 Å². The minimum Gasteiger partial charge on any atom is -0.497 e. The molecule has 5 aliphatic carbocycles. The molecular weight excluding hydrogens is 741 g/mol. The van der Waals surface area contributed by atoms with Gasteiger partial charge in [-0.3, -0.25) is 14.4 Å². The van der Waals surface area contributed by atoms with Crippen molar-refractivity contribution in [1.29, 1.82) is 0 Å². The molecule has 59 heavy (non-hydrogen) atoms. The van der Waals surface area contributed by atoms with Gasteiger partial charge >= 0.3 is 11.9 Å². The van der Waals surface area contributed by atoms with Gasteiger partial charge in [-0.25, -0.2) is 0 Å². The normalized spacial score (nSPS) is 34.0. The number of likely N-dealkylation sites (N-methyl/N-ethyl adjacent to an activating group) is 1. The molecule has 1 aromatic carbocycles. The molecule has 4 fully saturated rings. The third-order valence-electron chi connectivity index (χ3n) is 17.4. The summed E-state index contributed by atoms with van der Waals surface area (Å²) < 4.78 is 14.0. The van der Waals surface area contributed by atoms with Crippen LogP contribution in [0.1, 0.15) is 132 Å². The number of methoxy groups -OCH3 is 1. The maximum absolute atomic E-state index is 14.4. The Morgan fingerprint density at radius 3 is 2.25 bits per heavy atom. The van der Waals surface area contributed by atoms with E-state index in [0.29, 0.717) is 36.4 Å². The fourth-order valence-electron chi connectivity index (χ4n) is 14.0. The fraction of sp³-hybridized carbons (Fsp3) is 0.735. The monoisotopic (exact) mass is 813 g/mol. The molecule has 4 saturated carbocycles. The first-order valence-electron chi connectivity index (χ1n) is 22.5. The van der Waals surface area contributed by atoms with Gasteiger partial charge in [0.25, 0.3) is 0 Å². The first-order valence-corrected chi connectivity index (χ1v) is 22.5. The number of aliphatic carboxylic acids is 1. The number of hydrogen-bond acceptors (Lipinski definition) is 8. The third-order valence-corrected chi connectivity index (χ3v) is 17.4. The van der Waals surface area contributed by atoms with Gasteiger partial charge in [0.05, 0.1) is 18.9 Å². The number of carboxylic acids is 1. The zero-order chi connectivity index (χ0) is 43.1. The average Bonchev–Trinajstić information content (AvgIpc) is 3.69. The van der Waals surface area contributed by atoms with Crippen LogP contribution in [0, 0.1) is 56.2 Å². The number of hydrogen-bond donors (Lipinski definition) is 1. The van der Waals surface area contributed by atoms with Crippen molar-refractivity contribution in [2.75, 3.05) is 27.7 Å². The third kappa shape index (κ3) is 6.99. The van der Waals surface area contributed by atoms with Gasteiger partial charge in [-0.15, -0.1) is 10.2 Å². The number of carbonyl (C=O) groups excluding carboxylic acids is 2. The van der Waals surface area contributed by atoms with Crippen LogP contribution in [-0.4, -0.2) is 76.3 Å². The van der Waals surface area contributed by atoms with E-state index >= 15 is 0 Å². The lowest BCUT2D eigenvalue weighted by molar-refractivity contribution is -0.233. The molecule has 0 unspecified atom stereocenters. The number of benzene rings is 1. The molecule has 10 heteroatoms. The Balaban J connectivity index is 1.20. The van der Waals surface area contributed by atoms with E-state index in [1.165, 1.54) is 5.57 Å². The Bertz CT molecular complexity index is 2000. The Kier molecular flexibility index (Phi) is 11.2. The van der Waals surface area contributed by atoms with Crippen LogP contribution < -0.4 is 4.74 Å². The number of nitrogens with zero attached hydrogens (tertiary/aromatic N) is 4. The Morgan fingerprint density at radius 1 is 0.932 bits per heavy atom. The standard InChI is InChI=1S/C49H72N4O6/c1-30(2)40-34(54)27-49(28-38-50-51-42(53(38)26-25-52(10)11)31-13-15-32(58-12)16-14-31)24-23-47(8)33(41(40)49)17-18-36-46(7)21-20-37(59-39(55)29-44(3,4)43(56)57)45(5,6)35(46)19-22-48(36,47)9/h13-16,30,33,35-37H,17-29H2,1-12H3,(H,56,57)/t33-,35+,36-,37+,46+,47-,48-,49+/m1/s1. The van der Waals surface area contributed by atoms with Crippen LogP contribution in [0.2, 0.25) is 0 Å². The fourth-order valence-corrected chi connectivity index (χ4v) is 14.0. The van der Waals surface area contributed by atoms with Crippen molar-refractivity contribution >= 4 is 17.7 Å². The van der Waals surface area contributed by atoms with Gasteiger partial charge < -0.3 is 24.0 Å². The maximum Gasteiger partial charge on any atom is 0.309 e. The number of ether oxygens (including phenoxy) is 2. The van der Waals surface area contributed by atoms with Crippen LogP contribution in [-0.2, 0) is 32.1 Å². The van der Waals surface area contributed by atoms with Gasteiger partial charge in [-0.05, 0) is 149 Å². The predicted molar refractivity (Wildman–Crippen MR) is 230 cm³/mol. The van der Waals surface area contributed by atoms with Crippen LogP contribution in [0.5, 0.6) is 5.75 Å². The van der Waals surface area contributed by atoms with Crippen LogP contribution in [0.3, 0.4) is 0 Å². The van der Waals surface area contributed by atoms with E-state index in [1.54, 1.807) is 21.0 Å². The highest BCUT2D eigenvalue weighted by atomic mass is 16.5. The number of esters is 1. The summed E-state index contributed by atoms with van der Waals surface area (Å²) in [6, 6.07) is 8.07. The van der Waals surface area contributed by atoms with Gasteiger partial charge in [-0.1, -0.05) is 54.0 Å². The van der Waals surface area contributed by atoms with Gasteiger partial charge in [0.15, 0.2) is 11.6 Å². The number of fused-ring (bicyclic) bond motifs is 7. The summed E-state index contributed by atoms with van der Waals surface area (Å²) in [6.45, 7) is 21.6. The molecule has 0 amide bonds. The zero-order valence-electron chi connectivity index (χ0n) is 38.2. The Labute approximate surface area is 353 Å². The van der Waals surface area contributed by atoms with E-state index in [2.05, 4.69) is 84.2 Å². The van der Waals surface area contributed by atoms with E-state index in [9.17, 15) is 19.5 Å². The molecule has 0 bridgehead atoms. The van der Waals surface area contributed by atoms with Crippen LogP contribution in [0.25, 0.3) is 11.4 Å². The molecular formula is C49H72N4O6. The second-order valence-electron chi connectivity index (χ2n) is 22.0. The summed E-state index contributed by atoms with van der Waals surface area (Å²) in [5, 5.41) is 19.5.